The number of rotatable bonds is 5. The molecular weight excluding hydrogens is 260 g/mol. The Morgan fingerprint density at radius 3 is 2.55 bits per heavy atom. The van der Waals surface area contributed by atoms with Crippen LogP contribution in [-0.4, -0.2) is 41.3 Å². The van der Waals surface area contributed by atoms with Crippen molar-refractivity contribution in [2.75, 3.05) is 6.54 Å². The standard InChI is InChI=1S/C14H24N2O4/c15-14(6-2-1-3-7-14)8-12(17)16-9-10-4-5-11(20-10)13(18)19/h10-11H,1-9,15H2,(H,16,17)(H,18,19). The van der Waals surface area contributed by atoms with Crippen molar-refractivity contribution in [3.8, 4) is 0 Å². The highest BCUT2D eigenvalue weighted by molar-refractivity contribution is 5.77. The maximum Gasteiger partial charge on any atom is 0.332 e. The van der Waals surface area contributed by atoms with E-state index in [1.54, 1.807) is 0 Å². The van der Waals surface area contributed by atoms with Crippen LogP contribution in [0.15, 0.2) is 0 Å². The topological polar surface area (TPSA) is 102 Å². The molecule has 20 heavy (non-hydrogen) atoms. The zero-order valence-corrected chi connectivity index (χ0v) is 11.8. The van der Waals surface area contributed by atoms with E-state index in [0.717, 1.165) is 25.7 Å². The molecule has 0 radical (unpaired) electrons. The molecular formula is C14H24N2O4. The fourth-order valence-corrected chi connectivity index (χ4v) is 3.08. The van der Waals surface area contributed by atoms with Gasteiger partial charge in [-0.15, -0.1) is 0 Å². The van der Waals surface area contributed by atoms with Crippen molar-refractivity contribution in [3.63, 3.8) is 0 Å². The van der Waals surface area contributed by atoms with Gasteiger partial charge in [-0.1, -0.05) is 19.3 Å². The van der Waals surface area contributed by atoms with Crippen molar-refractivity contribution >= 4 is 11.9 Å². The van der Waals surface area contributed by atoms with E-state index in [-0.39, 0.29) is 17.6 Å². The lowest BCUT2D eigenvalue weighted by atomic mass is 9.80. The molecule has 1 heterocycles. The fourth-order valence-electron chi connectivity index (χ4n) is 3.08. The number of carboxylic acids is 1. The molecule has 2 atom stereocenters. The highest BCUT2D eigenvalue weighted by atomic mass is 16.5. The Morgan fingerprint density at radius 1 is 1.25 bits per heavy atom. The maximum atomic E-state index is 11.9. The van der Waals surface area contributed by atoms with Crippen molar-refractivity contribution in [1.82, 2.24) is 5.32 Å². The van der Waals surface area contributed by atoms with E-state index < -0.39 is 12.1 Å². The summed E-state index contributed by atoms with van der Waals surface area (Å²) in [5.74, 6) is -0.987. The number of carboxylic acid groups (broad SMARTS) is 1. The Labute approximate surface area is 119 Å². The van der Waals surface area contributed by atoms with Crippen LogP contribution in [0.3, 0.4) is 0 Å². The molecule has 114 valence electrons. The van der Waals surface area contributed by atoms with Crippen LogP contribution in [0.2, 0.25) is 0 Å². The first kappa shape index (κ1) is 15.3. The number of carbonyl (C=O) groups excluding carboxylic acids is 1. The molecule has 0 aromatic carbocycles. The zero-order valence-electron chi connectivity index (χ0n) is 11.8. The summed E-state index contributed by atoms with van der Waals surface area (Å²) in [6, 6.07) is 0. The minimum absolute atomic E-state index is 0.0585. The van der Waals surface area contributed by atoms with E-state index in [4.69, 9.17) is 15.6 Å². The minimum atomic E-state index is -0.929. The molecule has 2 rings (SSSR count). The predicted octanol–water partition coefficient (Wildman–Crippen LogP) is 0.786. The molecule has 0 aromatic rings. The molecule has 1 aliphatic heterocycles. The van der Waals surface area contributed by atoms with Gasteiger partial charge in [0, 0.05) is 18.5 Å². The van der Waals surface area contributed by atoms with E-state index >= 15 is 0 Å². The number of ether oxygens (including phenoxy) is 1. The fraction of sp³-hybridized carbons (Fsp3) is 0.857. The third-order valence-electron chi connectivity index (χ3n) is 4.27. The van der Waals surface area contributed by atoms with Crippen LogP contribution in [0.4, 0.5) is 0 Å². The van der Waals surface area contributed by atoms with Crippen LogP contribution in [0.5, 0.6) is 0 Å². The zero-order chi connectivity index (χ0) is 14.6. The number of amides is 1. The number of aliphatic carboxylic acids is 1. The molecule has 0 aromatic heterocycles. The van der Waals surface area contributed by atoms with E-state index in [9.17, 15) is 9.59 Å². The van der Waals surface area contributed by atoms with Crippen molar-refractivity contribution in [2.45, 2.75) is 69.1 Å². The number of nitrogens with one attached hydrogen (secondary N) is 1. The molecule has 6 nitrogen and oxygen atoms in total. The highest BCUT2D eigenvalue weighted by Crippen LogP contribution is 2.28. The minimum Gasteiger partial charge on any atom is -0.479 e. The number of hydrogen-bond donors (Lipinski definition) is 3. The average Bonchev–Trinajstić information content (AvgIpc) is 2.85. The Kier molecular flexibility index (Phi) is 4.99. The predicted molar refractivity (Wildman–Crippen MR) is 73.2 cm³/mol. The molecule has 4 N–H and O–H groups in total. The van der Waals surface area contributed by atoms with Gasteiger partial charge in [0.15, 0.2) is 6.10 Å². The number of nitrogens with two attached hydrogens (primary N) is 1. The van der Waals surface area contributed by atoms with E-state index in [2.05, 4.69) is 5.32 Å². The highest BCUT2D eigenvalue weighted by Gasteiger charge is 2.32. The van der Waals surface area contributed by atoms with Gasteiger partial charge in [0.25, 0.3) is 0 Å². The Balaban J connectivity index is 1.69. The molecule has 1 amide bonds. The van der Waals surface area contributed by atoms with Gasteiger partial charge in [-0.25, -0.2) is 4.79 Å². The quantitative estimate of drug-likeness (QED) is 0.692. The first-order valence-electron chi connectivity index (χ1n) is 7.42. The summed E-state index contributed by atoms with van der Waals surface area (Å²) in [5, 5.41) is 11.6. The van der Waals surface area contributed by atoms with Crippen LogP contribution in [0.25, 0.3) is 0 Å². The largest absolute Gasteiger partial charge is 0.479 e. The van der Waals surface area contributed by atoms with Gasteiger partial charge in [0.2, 0.25) is 5.91 Å². The average molecular weight is 284 g/mol. The monoisotopic (exact) mass is 284 g/mol. The molecule has 1 aliphatic carbocycles. The molecule has 6 heteroatoms. The lowest BCUT2D eigenvalue weighted by Gasteiger charge is -2.32. The third kappa shape index (κ3) is 4.18. The SMILES string of the molecule is NC1(CC(=O)NCC2CCC(C(=O)O)O2)CCCCC1. The van der Waals surface area contributed by atoms with Crippen molar-refractivity contribution in [3.05, 3.63) is 0 Å². The normalized spacial score (nSPS) is 29.1. The van der Waals surface area contributed by atoms with Gasteiger partial charge in [-0.05, 0) is 25.7 Å². The second-order valence-corrected chi connectivity index (χ2v) is 6.07. The van der Waals surface area contributed by atoms with Gasteiger partial charge in [-0.2, -0.15) is 0 Å². The van der Waals surface area contributed by atoms with Crippen LogP contribution in [-0.2, 0) is 14.3 Å². The summed E-state index contributed by atoms with van der Waals surface area (Å²) in [6.07, 6.45) is 5.81. The molecule has 2 unspecified atom stereocenters. The van der Waals surface area contributed by atoms with Crippen LogP contribution in [0.1, 0.15) is 51.4 Å². The maximum absolute atomic E-state index is 11.9. The summed E-state index contributed by atoms with van der Waals surface area (Å²) in [6.45, 7) is 0.374. The van der Waals surface area contributed by atoms with Crippen LogP contribution >= 0.6 is 0 Å². The summed E-state index contributed by atoms with van der Waals surface area (Å²) >= 11 is 0. The van der Waals surface area contributed by atoms with Crippen LogP contribution < -0.4 is 11.1 Å². The van der Waals surface area contributed by atoms with Gasteiger partial charge in [0.1, 0.15) is 0 Å². The van der Waals surface area contributed by atoms with E-state index in [0.29, 0.717) is 25.8 Å². The van der Waals surface area contributed by atoms with Gasteiger partial charge in [0.05, 0.1) is 6.10 Å². The van der Waals surface area contributed by atoms with Crippen molar-refractivity contribution in [1.29, 1.82) is 0 Å². The lowest BCUT2D eigenvalue weighted by Crippen LogP contribution is -2.46. The van der Waals surface area contributed by atoms with Gasteiger partial charge < -0.3 is 20.9 Å². The molecule has 0 spiro atoms. The Hall–Kier alpha value is -1.14. The smallest absolute Gasteiger partial charge is 0.332 e. The van der Waals surface area contributed by atoms with E-state index in [1.807, 2.05) is 0 Å². The number of carbonyl (C=O) groups is 2. The summed E-state index contributed by atoms with van der Waals surface area (Å²) in [5.41, 5.74) is 5.88. The Bertz CT molecular complexity index is 366. The van der Waals surface area contributed by atoms with Crippen LogP contribution in [0, 0.1) is 0 Å². The first-order chi connectivity index (χ1) is 9.48. The van der Waals surface area contributed by atoms with E-state index in [1.165, 1.54) is 6.42 Å². The summed E-state index contributed by atoms with van der Waals surface area (Å²) in [4.78, 5) is 22.7. The lowest BCUT2D eigenvalue weighted by molar-refractivity contribution is -0.149. The van der Waals surface area contributed by atoms with Crippen molar-refractivity contribution in [2.24, 2.45) is 5.73 Å². The molecule has 2 aliphatic rings. The molecule has 1 saturated heterocycles. The second kappa shape index (κ2) is 6.54. The van der Waals surface area contributed by atoms with Gasteiger partial charge >= 0.3 is 5.97 Å². The molecule has 1 saturated carbocycles. The summed E-state index contributed by atoms with van der Waals surface area (Å²) < 4.78 is 5.34. The van der Waals surface area contributed by atoms with Crippen molar-refractivity contribution < 1.29 is 19.4 Å². The summed E-state index contributed by atoms with van der Waals surface area (Å²) in [7, 11) is 0. The van der Waals surface area contributed by atoms with Gasteiger partial charge in [-0.3, -0.25) is 4.79 Å². The first-order valence-corrected chi connectivity index (χ1v) is 7.42. The number of hydrogen-bond acceptors (Lipinski definition) is 4. The Morgan fingerprint density at radius 2 is 1.95 bits per heavy atom. The molecule has 0 bridgehead atoms. The second-order valence-electron chi connectivity index (χ2n) is 6.07. The molecule has 2 fully saturated rings. The third-order valence-corrected chi connectivity index (χ3v) is 4.27.